The topological polar surface area (TPSA) is 53.1 Å². The van der Waals surface area contributed by atoms with Crippen molar-refractivity contribution in [3.8, 4) is 11.1 Å². The fraction of sp³-hybridized carbons (Fsp3) is 0.308. The highest BCUT2D eigenvalue weighted by molar-refractivity contribution is 9.10. The number of halogens is 1. The summed E-state index contributed by atoms with van der Waals surface area (Å²) in [6.07, 6.45) is 0.753. The van der Waals surface area contributed by atoms with Crippen LogP contribution in [0.5, 0.6) is 0 Å². The van der Waals surface area contributed by atoms with Crippen molar-refractivity contribution in [3.05, 3.63) is 34.4 Å². The molecule has 0 aliphatic heterocycles. The Morgan fingerprint density at radius 1 is 1.44 bits per heavy atom. The first-order valence-electron chi connectivity index (χ1n) is 5.69. The minimum absolute atomic E-state index is 0.636. The second kappa shape index (κ2) is 5.54. The second-order valence-corrected chi connectivity index (χ2v) is 5.00. The lowest BCUT2D eigenvalue weighted by molar-refractivity contribution is 0.201. The van der Waals surface area contributed by atoms with Crippen molar-refractivity contribution in [2.24, 2.45) is 7.05 Å². The first-order chi connectivity index (χ1) is 8.63. The molecule has 0 spiro atoms. The average molecular weight is 310 g/mol. The highest BCUT2D eigenvalue weighted by Gasteiger charge is 2.15. The van der Waals surface area contributed by atoms with Crippen molar-refractivity contribution in [3.63, 3.8) is 0 Å². The number of anilines is 1. The molecule has 0 fully saturated rings. The number of hydrogen-bond acceptors (Lipinski definition) is 3. The van der Waals surface area contributed by atoms with Crippen molar-refractivity contribution >= 4 is 21.7 Å². The molecule has 0 aliphatic carbocycles. The summed E-state index contributed by atoms with van der Waals surface area (Å²) in [7, 11) is 3.54. The van der Waals surface area contributed by atoms with E-state index in [0.717, 1.165) is 27.7 Å². The number of methoxy groups -OCH3 is 1. The summed E-state index contributed by atoms with van der Waals surface area (Å²) < 4.78 is 7.85. The molecule has 0 amide bonds. The molecule has 18 heavy (non-hydrogen) atoms. The molecule has 2 aromatic rings. The van der Waals surface area contributed by atoms with Gasteiger partial charge in [0.25, 0.3) is 0 Å². The quantitative estimate of drug-likeness (QED) is 0.944. The van der Waals surface area contributed by atoms with Crippen LogP contribution in [-0.2, 0) is 18.2 Å². The molecule has 5 heteroatoms. The van der Waals surface area contributed by atoms with E-state index in [2.05, 4.69) is 21.0 Å². The zero-order valence-corrected chi connectivity index (χ0v) is 12.1. The highest BCUT2D eigenvalue weighted by Crippen LogP contribution is 2.31. The van der Waals surface area contributed by atoms with Crippen molar-refractivity contribution in [2.45, 2.75) is 6.42 Å². The van der Waals surface area contributed by atoms with E-state index in [9.17, 15) is 0 Å². The molecule has 96 valence electrons. The van der Waals surface area contributed by atoms with Gasteiger partial charge in [-0.05, 0) is 17.7 Å². The van der Waals surface area contributed by atoms with Gasteiger partial charge in [0.2, 0.25) is 0 Å². The van der Waals surface area contributed by atoms with Crippen molar-refractivity contribution in [1.82, 2.24) is 9.78 Å². The standard InChI is InChI=1S/C13H16BrN3O/c1-17-13(15)12(11(16-17)6-7-18-2)9-4-3-5-10(14)8-9/h3-5,8H,6-7,15H2,1-2H3. The van der Waals surface area contributed by atoms with Gasteiger partial charge in [-0.1, -0.05) is 28.1 Å². The number of aryl methyl sites for hydroxylation is 1. The van der Waals surface area contributed by atoms with E-state index in [4.69, 9.17) is 10.5 Å². The van der Waals surface area contributed by atoms with Crippen LogP contribution in [0, 0.1) is 0 Å². The van der Waals surface area contributed by atoms with Crippen LogP contribution in [0.25, 0.3) is 11.1 Å². The maximum atomic E-state index is 6.10. The number of hydrogen-bond donors (Lipinski definition) is 1. The lowest BCUT2D eigenvalue weighted by Crippen LogP contribution is -1.98. The molecule has 4 nitrogen and oxygen atoms in total. The smallest absolute Gasteiger partial charge is 0.129 e. The Bertz CT molecular complexity index is 551. The maximum absolute atomic E-state index is 6.10. The predicted octanol–water partition coefficient (Wildman–Crippen LogP) is 2.62. The van der Waals surface area contributed by atoms with Crippen LogP contribution in [0.2, 0.25) is 0 Å². The lowest BCUT2D eigenvalue weighted by atomic mass is 10.0. The molecule has 1 aromatic heterocycles. The Balaban J connectivity index is 2.48. The van der Waals surface area contributed by atoms with Gasteiger partial charge in [-0.15, -0.1) is 0 Å². The summed E-state index contributed by atoms with van der Waals surface area (Å²) >= 11 is 3.48. The Morgan fingerprint density at radius 2 is 2.22 bits per heavy atom. The number of aromatic nitrogens is 2. The van der Waals surface area contributed by atoms with Gasteiger partial charge in [0, 0.05) is 30.6 Å². The normalized spacial score (nSPS) is 10.8. The highest BCUT2D eigenvalue weighted by atomic mass is 79.9. The Morgan fingerprint density at radius 3 is 2.89 bits per heavy atom. The van der Waals surface area contributed by atoms with Gasteiger partial charge in [0.15, 0.2) is 0 Å². The number of rotatable bonds is 4. The van der Waals surface area contributed by atoms with Gasteiger partial charge in [-0.25, -0.2) is 0 Å². The van der Waals surface area contributed by atoms with Gasteiger partial charge in [0.05, 0.1) is 12.3 Å². The van der Waals surface area contributed by atoms with Crippen molar-refractivity contribution in [2.75, 3.05) is 19.5 Å². The third-order valence-corrected chi connectivity index (χ3v) is 3.31. The third kappa shape index (κ3) is 2.57. The number of ether oxygens (including phenoxy) is 1. The van der Waals surface area contributed by atoms with Gasteiger partial charge < -0.3 is 10.5 Å². The van der Waals surface area contributed by atoms with Gasteiger partial charge >= 0.3 is 0 Å². The SMILES string of the molecule is COCCc1nn(C)c(N)c1-c1cccc(Br)c1. The summed E-state index contributed by atoms with van der Waals surface area (Å²) in [5.41, 5.74) is 9.14. The van der Waals surface area contributed by atoms with E-state index in [-0.39, 0.29) is 0 Å². The van der Waals surface area contributed by atoms with Gasteiger partial charge in [-0.3, -0.25) is 4.68 Å². The first kappa shape index (κ1) is 13.1. The fourth-order valence-electron chi connectivity index (χ4n) is 1.93. The number of nitrogens with two attached hydrogens (primary N) is 1. The zero-order valence-electron chi connectivity index (χ0n) is 10.5. The molecular formula is C13H16BrN3O. The van der Waals surface area contributed by atoms with Gasteiger partial charge in [-0.2, -0.15) is 5.10 Å². The summed E-state index contributed by atoms with van der Waals surface area (Å²) in [6.45, 7) is 0.636. The molecule has 2 rings (SSSR count). The van der Waals surface area contributed by atoms with E-state index in [1.807, 2.05) is 31.3 Å². The number of nitrogens with zero attached hydrogens (tertiary/aromatic N) is 2. The molecule has 0 aliphatic rings. The molecule has 0 radical (unpaired) electrons. The average Bonchev–Trinajstić information content (AvgIpc) is 2.62. The molecule has 0 unspecified atom stereocenters. The Hall–Kier alpha value is -1.33. The Kier molecular flexibility index (Phi) is 4.04. The zero-order chi connectivity index (χ0) is 13.1. The number of benzene rings is 1. The largest absolute Gasteiger partial charge is 0.384 e. The molecule has 0 saturated carbocycles. The Labute approximate surface area is 115 Å². The molecule has 0 atom stereocenters. The van der Waals surface area contributed by atoms with E-state index < -0.39 is 0 Å². The van der Waals surface area contributed by atoms with E-state index >= 15 is 0 Å². The molecule has 0 saturated heterocycles. The molecule has 0 bridgehead atoms. The summed E-state index contributed by atoms with van der Waals surface area (Å²) in [6, 6.07) is 8.06. The van der Waals surface area contributed by atoms with E-state index in [1.54, 1.807) is 11.8 Å². The van der Waals surface area contributed by atoms with E-state index in [1.165, 1.54) is 0 Å². The number of nitrogen functional groups attached to an aromatic ring is 1. The van der Waals surface area contributed by atoms with Crippen LogP contribution in [0.15, 0.2) is 28.7 Å². The maximum Gasteiger partial charge on any atom is 0.129 e. The van der Waals surface area contributed by atoms with Crippen LogP contribution in [-0.4, -0.2) is 23.5 Å². The second-order valence-electron chi connectivity index (χ2n) is 4.08. The van der Waals surface area contributed by atoms with Crippen molar-refractivity contribution < 1.29 is 4.74 Å². The fourth-order valence-corrected chi connectivity index (χ4v) is 2.33. The van der Waals surface area contributed by atoms with Gasteiger partial charge in [0.1, 0.15) is 5.82 Å². The van der Waals surface area contributed by atoms with Crippen molar-refractivity contribution in [1.29, 1.82) is 0 Å². The summed E-state index contributed by atoms with van der Waals surface area (Å²) in [4.78, 5) is 0. The first-order valence-corrected chi connectivity index (χ1v) is 6.49. The van der Waals surface area contributed by atoms with Crippen LogP contribution < -0.4 is 5.73 Å². The molecule has 1 aromatic carbocycles. The summed E-state index contributed by atoms with van der Waals surface area (Å²) in [5.74, 6) is 0.680. The molecular weight excluding hydrogens is 294 g/mol. The summed E-state index contributed by atoms with van der Waals surface area (Å²) in [5, 5.41) is 4.45. The minimum Gasteiger partial charge on any atom is -0.384 e. The monoisotopic (exact) mass is 309 g/mol. The van der Waals surface area contributed by atoms with Crippen LogP contribution in [0.4, 0.5) is 5.82 Å². The van der Waals surface area contributed by atoms with Crippen LogP contribution in [0.3, 0.4) is 0 Å². The van der Waals surface area contributed by atoms with Crippen LogP contribution in [0.1, 0.15) is 5.69 Å². The molecule has 2 N–H and O–H groups in total. The predicted molar refractivity (Wildman–Crippen MR) is 76.3 cm³/mol. The third-order valence-electron chi connectivity index (χ3n) is 2.82. The van der Waals surface area contributed by atoms with Crippen LogP contribution >= 0.6 is 15.9 Å². The minimum atomic E-state index is 0.636. The lowest BCUT2D eigenvalue weighted by Gasteiger charge is -2.04. The van der Waals surface area contributed by atoms with E-state index in [0.29, 0.717) is 12.4 Å². The molecule has 1 heterocycles.